The van der Waals surface area contributed by atoms with E-state index in [1.165, 1.54) is 13.1 Å². The van der Waals surface area contributed by atoms with Gasteiger partial charge in [0.1, 0.15) is 5.69 Å². The molecule has 1 unspecified atom stereocenters. The lowest BCUT2D eigenvalue weighted by Crippen LogP contribution is -2.45. The lowest BCUT2D eigenvalue weighted by Gasteiger charge is -2.24. The highest BCUT2D eigenvalue weighted by atomic mass is 16.3. The van der Waals surface area contributed by atoms with Crippen LogP contribution in [0.5, 0.6) is 11.8 Å². The molecule has 10 nitrogen and oxygen atoms in total. The van der Waals surface area contributed by atoms with Gasteiger partial charge in [0.15, 0.2) is 11.7 Å². The molecule has 2 amide bonds. The van der Waals surface area contributed by atoms with Crippen molar-refractivity contribution in [3.8, 4) is 11.8 Å². The summed E-state index contributed by atoms with van der Waals surface area (Å²) < 4.78 is 0. The Morgan fingerprint density at radius 1 is 1.03 bits per heavy atom. The third-order valence-electron chi connectivity index (χ3n) is 5.39. The first-order valence-electron chi connectivity index (χ1n) is 10.7. The van der Waals surface area contributed by atoms with Crippen LogP contribution in [-0.2, 0) is 4.79 Å². The summed E-state index contributed by atoms with van der Waals surface area (Å²) in [5.41, 5.74) is 0.922. The van der Waals surface area contributed by atoms with Gasteiger partial charge in [-0.25, -0.2) is 0 Å². The van der Waals surface area contributed by atoms with Gasteiger partial charge >= 0.3 is 0 Å². The second-order valence-corrected chi connectivity index (χ2v) is 8.21. The summed E-state index contributed by atoms with van der Waals surface area (Å²) in [6.07, 6.45) is 4.46. The zero-order chi connectivity index (χ0) is 24.8. The minimum absolute atomic E-state index is 0.0798. The first kappa shape index (κ1) is 24.4. The van der Waals surface area contributed by atoms with E-state index in [0.717, 1.165) is 0 Å². The molecule has 0 aliphatic carbocycles. The van der Waals surface area contributed by atoms with E-state index in [2.05, 4.69) is 25.6 Å². The van der Waals surface area contributed by atoms with E-state index in [-0.39, 0.29) is 35.0 Å². The molecular weight excluding hydrogens is 438 g/mol. The van der Waals surface area contributed by atoms with Crippen LogP contribution in [0.25, 0.3) is 0 Å². The average Bonchev–Trinajstić information content (AvgIpc) is 3.08. The van der Waals surface area contributed by atoms with Crippen LogP contribution >= 0.6 is 0 Å². The number of aromatic amines is 1. The highest BCUT2D eigenvalue weighted by Crippen LogP contribution is 2.30. The molecule has 34 heavy (non-hydrogen) atoms. The summed E-state index contributed by atoms with van der Waals surface area (Å²) in [6, 6.07) is 6.67. The molecule has 0 spiro atoms. The Morgan fingerprint density at radius 2 is 1.79 bits per heavy atom. The molecule has 0 aliphatic heterocycles. The molecule has 0 aromatic carbocycles. The van der Waals surface area contributed by atoms with Crippen molar-refractivity contribution >= 4 is 17.6 Å². The SMILES string of the molecule is Cc1c(O)[nH]c(O)c1C(=O)[C@@H](NC(=O)CC(NC(=O)c1ccccn1)c1cccnc1)C(C)C. The van der Waals surface area contributed by atoms with Crippen molar-refractivity contribution in [1.82, 2.24) is 25.6 Å². The fourth-order valence-corrected chi connectivity index (χ4v) is 3.54. The number of carbonyl (C=O) groups is 3. The molecule has 0 saturated carbocycles. The van der Waals surface area contributed by atoms with Gasteiger partial charge in [-0.15, -0.1) is 0 Å². The summed E-state index contributed by atoms with van der Waals surface area (Å²) >= 11 is 0. The molecule has 0 saturated heterocycles. The molecule has 2 atom stereocenters. The smallest absolute Gasteiger partial charge is 0.270 e. The molecule has 3 aromatic heterocycles. The lowest BCUT2D eigenvalue weighted by molar-refractivity contribution is -0.122. The standard InChI is InChI=1S/C24H27N5O5/c1-13(2)20(21(31)19-14(3)22(32)29-24(19)34)28-18(30)11-17(15-7-6-9-25-12-15)27-23(33)16-8-4-5-10-26-16/h4-10,12-13,17,20,29,32,34H,11H2,1-3H3,(H,27,33)(H,28,30)/t17?,20-/m0/s1. The number of ketones is 1. The normalized spacial score (nSPS) is 12.7. The van der Waals surface area contributed by atoms with Crippen LogP contribution in [0, 0.1) is 12.8 Å². The van der Waals surface area contributed by atoms with Gasteiger partial charge in [0, 0.05) is 24.2 Å². The molecule has 3 aromatic rings. The van der Waals surface area contributed by atoms with Crippen LogP contribution in [0.15, 0.2) is 48.9 Å². The van der Waals surface area contributed by atoms with Crippen molar-refractivity contribution < 1.29 is 24.6 Å². The topological polar surface area (TPSA) is 157 Å². The molecule has 0 aliphatic rings. The number of pyridine rings is 2. The third kappa shape index (κ3) is 5.58. The number of nitrogens with one attached hydrogen (secondary N) is 3. The van der Waals surface area contributed by atoms with Crippen LogP contribution in [0.3, 0.4) is 0 Å². The molecule has 3 heterocycles. The number of hydrogen-bond donors (Lipinski definition) is 5. The van der Waals surface area contributed by atoms with Crippen molar-refractivity contribution in [2.75, 3.05) is 0 Å². The predicted molar refractivity (Wildman–Crippen MR) is 123 cm³/mol. The Hall–Kier alpha value is -4.21. The van der Waals surface area contributed by atoms with E-state index in [4.69, 9.17) is 0 Å². The van der Waals surface area contributed by atoms with Gasteiger partial charge in [-0.1, -0.05) is 26.0 Å². The Morgan fingerprint density at radius 3 is 2.35 bits per heavy atom. The van der Waals surface area contributed by atoms with Gasteiger partial charge in [0.05, 0.1) is 24.1 Å². The first-order valence-corrected chi connectivity index (χ1v) is 10.7. The molecule has 0 radical (unpaired) electrons. The van der Waals surface area contributed by atoms with Crippen LogP contribution in [0.1, 0.15) is 58.3 Å². The number of nitrogens with zero attached hydrogens (tertiary/aromatic N) is 2. The highest BCUT2D eigenvalue weighted by Gasteiger charge is 2.31. The fraction of sp³-hybridized carbons (Fsp3) is 0.292. The Labute approximate surface area is 196 Å². The minimum Gasteiger partial charge on any atom is -0.494 e. The van der Waals surface area contributed by atoms with E-state index in [9.17, 15) is 24.6 Å². The molecule has 0 fully saturated rings. The zero-order valence-electron chi connectivity index (χ0n) is 19.1. The van der Waals surface area contributed by atoms with E-state index < -0.39 is 35.6 Å². The number of amides is 2. The molecule has 3 rings (SSSR count). The summed E-state index contributed by atoms with van der Waals surface area (Å²) in [5.74, 6) is -2.57. The van der Waals surface area contributed by atoms with E-state index >= 15 is 0 Å². The molecule has 0 bridgehead atoms. The minimum atomic E-state index is -0.965. The number of carbonyl (C=O) groups excluding carboxylic acids is 3. The van der Waals surface area contributed by atoms with Crippen LogP contribution in [0.2, 0.25) is 0 Å². The number of rotatable bonds is 9. The highest BCUT2D eigenvalue weighted by molar-refractivity contribution is 6.05. The van der Waals surface area contributed by atoms with Crippen LogP contribution in [-0.4, -0.2) is 48.8 Å². The number of H-pyrrole nitrogens is 1. The summed E-state index contributed by atoms with van der Waals surface area (Å²) in [4.78, 5) is 49.2. The Balaban J connectivity index is 1.79. The number of hydrogen-bond acceptors (Lipinski definition) is 7. The van der Waals surface area contributed by atoms with Gasteiger partial charge in [-0.3, -0.25) is 29.3 Å². The van der Waals surface area contributed by atoms with E-state index in [1.54, 1.807) is 56.6 Å². The van der Waals surface area contributed by atoms with Gasteiger partial charge in [-0.2, -0.15) is 0 Å². The second kappa shape index (κ2) is 10.6. The lowest BCUT2D eigenvalue weighted by atomic mass is 9.93. The quantitative estimate of drug-likeness (QED) is 0.304. The predicted octanol–water partition coefficient (Wildman–Crippen LogP) is 2.41. The maximum absolute atomic E-state index is 13.1. The maximum atomic E-state index is 13.1. The molecular formula is C24H27N5O5. The summed E-state index contributed by atoms with van der Waals surface area (Å²) in [7, 11) is 0. The van der Waals surface area contributed by atoms with Crippen LogP contribution < -0.4 is 10.6 Å². The number of aromatic hydroxyl groups is 2. The zero-order valence-corrected chi connectivity index (χ0v) is 19.1. The summed E-state index contributed by atoms with van der Waals surface area (Å²) in [6.45, 7) is 5.00. The van der Waals surface area contributed by atoms with Gasteiger partial charge in [0.2, 0.25) is 11.8 Å². The molecule has 178 valence electrons. The van der Waals surface area contributed by atoms with E-state index in [1.807, 2.05) is 0 Å². The second-order valence-electron chi connectivity index (χ2n) is 8.21. The third-order valence-corrected chi connectivity index (χ3v) is 5.39. The fourth-order valence-electron chi connectivity index (χ4n) is 3.54. The van der Waals surface area contributed by atoms with E-state index in [0.29, 0.717) is 5.56 Å². The van der Waals surface area contributed by atoms with Gasteiger partial charge < -0.3 is 20.8 Å². The van der Waals surface area contributed by atoms with Crippen molar-refractivity contribution in [3.63, 3.8) is 0 Å². The number of aromatic nitrogens is 3. The largest absolute Gasteiger partial charge is 0.494 e. The first-order chi connectivity index (χ1) is 16.2. The monoisotopic (exact) mass is 465 g/mol. The molecule has 10 heteroatoms. The average molecular weight is 466 g/mol. The van der Waals surface area contributed by atoms with Crippen molar-refractivity contribution in [2.24, 2.45) is 5.92 Å². The molecule has 5 N–H and O–H groups in total. The van der Waals surface area contributed by atoms with Crippen molar-refractivity contribution in [3.05, 3.63) is 71.3 Å². The Kier molecular flexibility index (Phi) is 7.62. The van der Waals surface area contributed by atoms with Gasteiger partial charge in [0.25, 0.3) is 5.91 Å². The van der Waals surface area contributed by atoms with Crippen molar-refractivity contribution in [2.45, 2.75) is 39.3 Å². The van der Waals surface area contributed by atoms with Crippen molar-refractivity contribution in [1.29, 1.82) is 0 Å². The summed E-state index contributed by atoms with van der Waals surface area (Å²) in [5, 5.41) is 25.3. The van der Waals surface area contributed by atoms with Crippen LogP contribution in [0.4, 0.5) is 0 Å². The number of Topliss-reactive ketones (excluding diaryl/α,β-unsaturated/α-hetero) is 1. The maximum Gasteiger partial charge on any atom is 0.270 e. The van der Waals surface area contributed by atoms with Gasteiger partial charge in [-0.05, 0) is 36.6 Å². The Bertz CT molecular complexity index is 1160.